The molecule has 1 N–H and O–H groups in total. The van der Waals surface area contributed by atoms with Gasteiger partial charge in [-0.15, -0.1) is 6.58 Å². The SMILES string of the molecule is C=CCCCN(C)C(=NC)NCC(CC(C)C)N(C)C. The summed E-state index contributed by atoms with van der Waals surface area (Å²) in [5.41, 5.74) is 0. The molecule has 0 saturated heterocycles. The van der Waals surface area contributed by atoms with E-state index in [1.807, 2.05) is 13.1 Å². The average Bonchev–Trinajstić information content (AvgIpc) is 2.37. The molecule has 0 spiro atoms. The van der Waals surface area contributed by atoms with Crippen LogP contribution in [-0.2, 0) is 0 Å². The highest BCUT2D eigenvalue weighted by molar-refractivity contribution is 5.79. The minimum atomic E-state index is 0.535. The smallest absolute Gasteiger partial charge is 0.193 e. The number of aliphatic imine (C=N–C) groups is 1. The monoisotopic (exact) mass is 282 g/mol. The Labute approximate surface area is 125 Å². The Bertz CT molecular complexity index is 284. The zero-order valence-electron chi connectivity index (χ0n) is 14.3. The van der Waals surface area contributed by atoms with E-state index in [1.54, 1.807) is 0 Å². The van der Waals surface area contributed by atoms with E-state index in [4.69, 9.17) is 0 Å². The summed E-state index contributed by atoms with van der Waals surface area (Å²) in [5, 5.41) is 3.49. The number of nitrogens with zero attached hydrogens (tertiary/aromatic N) is 3. The minimum Gasteiger partial charge on any atom is -0.355 e. The molecule has 118 valence electrons. The highest BCUT2D eigenvalue weighted by Gasteiger charge is 2.14. The van der Waals surface area contributed by atoms with Gasteiger partial charge < -0.3 is 15.1 Å². The van der Waals surface area contributed by atoms with Gasteiger partial charge in [-0.25, -0.2) is 0 Å². The largest absolute Gasteiger partial charge is 0.355 e. The van der Waals surface area contributed by atoms with E-state index in [0.29, 0.717) is 12.0 Å². The predicted octanol–water partition coefficient (Wildman–Crippen LogP) is 2.44. The van der Waals surface area contributed by atoms with Crippen LogP contribution in [-0.4, -0.2) is 63.1 Å². The van der Waals surface area contributed by atoms with Crippen LogP contribution >= 0.6 is 0 Å². The van der Waals surface area contributed by atoms with Crippen molar-refractivity contribution < 1.29 is 0 Å². The van der Waals surface area contributed by atoms with Crippen LogP contribution in [0.1, 0.15) is 33.1 Å². The van der Waals surface area contributed by atoms with Crippen molar-refractivity contribution >= 4 is 5.96 Å². The molecular weight excluding hydrogens is 248 g/mol. The molecule has 0 aromatic rings. The topological polar surface area (TPSA) is 30.9 Å². The number of rotatable bonds is 9. The molecule has 4 nitrogen and oxygen atoms in total. The standard InChI is InChI=1S/C16H34N4/c1-8-9-10-11-20(7)16(17-4)18-13-15(19(5)6)12-14(2)3/h8,14-15H,1,9-13H2,2-7H3,(H,17,18). The first-order valence-electron chi connectivity index (χ1n) is 7.61. The van der Waals surface area contributed by atoms with Gasteiger partial charge in [0.1, 0.15) is 0 Å². The number of hydrogen-bond donors (Lipinski definition) is 1. The normalized spacial score (nSPS) is 13.7. The number of guanidine groups is 1. The molecule has 4 heteroatoms. The molecule has 0 amide bonds. The van der Waals surface area contributed by atoms with Crippen molar-refractivity contribution in [2.75, 3.05) is 41.3 Å². The Morgan fingerprint density at radius 3 is 2.40 bits per heavy atom. The van der Waals surface area contributed by atoms with Crippen molar-refractivity contribution in [1.29, 1.82) is 0 Å². The Morgan fingerprint density at radius 2 is 1.95 bits per heavy atom. The molecule has 20 heavy (non-hydrogen) atoms. The maximum Gasteiger partial charge on any atom is 0.193 e. The van der Waals surface area contributed by atoms with Gasteiger partial charge in [-0.1, -0.05) is 19.9 Å². The molecule has 0 aliphatic carbocycles. The lowest BCUT2D eigenvalue weighted by molar-refractivity contribution is 0.252. The fourth-order valence-electron chi connectivity index (χ4n) is 2.19. The summed E-state index contributed by atoms with van der Waals surface area (Å²) < 4.78 is 0. The Morgan fingerprint density at radius 1 is 1.30 bits per heavy atom. The molecular formula is C16H34N4. The number of unbranched alkanes of at least 4 members (excludes halogenated alkanes) is 1. The first-order valence-corrected chi connectivity index (χ1v) is 7.61. The van der Waals surface area contributed by atoms with Crippen LogP contribution in [0.3, 0.4) is 0 Å². The van der Waals surface area contributed by atoms with E-state index in [9.17, 15) is 0 Å². The van der Waals surface area contributed by atoms with Gasteiger partial charge in [0.15, 0.2) is 5.96 Å². The summed E-state index contributed by atoms with van der Waals surface area (Å²) in [6.07, 6.45) is 5.32. The molecule has 0 aromatic heterocycles. The molecule has 0 fully saturated rings. The van der Waals surface area contributed by atoms with Gasteiger partial charge in [0.2, 0.25) is 0 Å². The predicted molar refractivity (Wildman–Crippen MR) is 90.4 cm³/mol. The Hall–Kier alpha value is -1.03. The molecule has 0 rings (SSSR count). The second-order valence-corrected chi connectivity index (χ2v) is 6.03. The fraction of sp³-hybridized carbons (Fsp3) is 0.812. The number of hydrogen-bond acceptors (Lipinski definition) is 2. The van der Waals surface area contributed by atoms with Crippen LogP contribution in [0, 0.1) is 5.92 Å². The molecule has 0 aliphatic rings. The second kappa shape index (κ2) is 10.7. The van der Waals surface area contributed by atoms with Gasteiger partial charge in [0.05, 0.1) is 0 Å². The summed E-state index contributed by atoms with van der Waals surface area (Å²) in [5.74, 6) is 1.68. The van der Waals surface area contributed by atoms with Gasteiger partial charge in [-0.3, -0.25) is 4.99 Å². The molecule has 0 aromatic carbocycles. The van der Waals surface area contributed by atoms with E-state index >= 15 is 0 Å². The fourth-order valence-corrected chi connectivity index (χ4v) is 2.19. The molecule has 0 radical (unpaired) electrons. The van der Waals surface area contributed by atoms with E-state index in [1.165, 1.54) is 6.42 Å². The van der Waals surface area contributed by atoms with E-state index < -0.39 is 0 Å². The van der Waals surface area contributed by atoms with Crippen molar-refractivity contribution in [1.82, 2.24) is 15.1 Å². The van der Waals surface area contributed by atoms with Crippen molar-refractivity contribution in [3.05, 3.63) is 12.7 Å². The lowest BCUT2D eigenvalue weighted by atomic mass is 10.0. The average molecular weight is 282 g/mol. The summed E-state index contributed by atoms with van der Waals surface area (Å²) in [7, 11) is 8.22. The molecule has 1 unspecified atom stereocenters. The quantitative estimate of drug-likeness (QED) is 0.305. The van der Waals surface area contributed by atoms with E-state index in [0.717, 1.165) is 31.9 Å². The van der Waals surface area contributed by atoms with Crippen molar-refractivity contribution in [3.63, 3.8) is 0 Å². The summed E-state index contributed by atoms with van der Waals surface area (Å²) in [4.78, 5) is 8.84. The van der Waals surface area contributed by atoms with E-state index in [-0.39, 0.29) is 0 Å². The van der Waals surface area contributed by atoms with Crippen LogP contribution in [0.4, 0.5) is 0 Å². The van der Waals surface area contributed by atoms with Crippen LogP contribution in [0.15, 0.2) is 17.6 Å². The highest BCUT2D eigenvalue weighted by atomic mass is 15.3. The molecule has 0 heterocycles. The Balaban J connectivity index is 4.30. The molecule has 1 atom stereocenters. The summed E-state index contributed by atoms with van der Waals surface area (Å²) in [6, 6.07) is 0.535. The second-order valence-electron chi connectivity index (χ2n) is 6.03. The first kappa shape index (κ1) is 19.0. The molecule has 0 bridgehead atoms. The van der Waals surface area contributed by atoms with Gasteiger partial charge in [-0.2, -0.15) is 0 Å². The lowest BCUT2D eigenvalue weighted by Gasteiger charge is -2.29. The maximum atomic E-state index is 4.36. The lowest BCUT2D eigenvalue weighted by Crippen LogP contribution is -2.46. The van der Waals surface area contributed by atoms with E-state index in [2.05, 4.69) is 61.7 Å². The Kier molecular flexibility index (Phi) is 10.2. The molecule has 0 aliphatic heterocycles. The number of allylic oxidation sites excluding steroid dienone is 1. The van der Waals surface area contributed by atoms with Crippen molar-refractivity contribution in [3.8, 4) is 0 Å². The third-order valence-corrected chi connectivity index (χ3v) is 3.44. The first-order chi connectivity index (χ1) is 9.42. The molecule has 0 saturated carbocycles. The van der Waals surface area contributed by atoms with Gasteiger partial charge in [0, 0.05) is 33.2 Å². The van der Waals surface area contributed by atoms with Crippen LogP contribution in [0.25, 0.3) is 0 Å². The third-order valence-electron chi connectivity index (χ3n) is 3.44. The van der Waals surface area contributed by atoms with Crippen LogP contribution in [0.2, 0.25) is 0 Å². The zero-order valence-corrected chi connectivity index (χ0v) is 14.3. The summed E-state index contributed by atoms with van der Waals surface area (Å²) in [6.45, 7) is 10.2. The van der Waals surface area contributed by atoms with Crippen molar-refractivity contribution in [2.24, 2.45) is 10.9 Å². The van der Waals surface area contributed by atoms with Gasteiger partial charge in [-0.05, 0) is 39.3 Å². The van der Waals surface area contributed by atoms with Crippen LogP contribution < -0.4 is 5.32 Å². The zero-order chi connectivity index (χ0) is 15.5. The van der Waals surface area contributed by atoms with Gasteiger partial charge >= 0.3 is 0 Å². The minimum absolute atomic E-state index is 0.535. The van der Waals surface area contributed by atoms with Crippen molar-refractivity contribution in [2.45, 2.75) is 39.2 Å². The number of likely N-dealkylation sites (N-methyl/N-ethyl adjacent to an activating group) is 1. The van der Waals surface area contributed by atoms with Crippen LogP contribution in [0.5, 0.6) is 0 Å². The van der Waals surface area contributed by atoms with Gasteiger partial charge in [0.25, 0.3) is 0 Å². The number of nitrogens with one attached hydrogen (secondary N) is 1. The summed E-state index contributed by atoms with van der Waals surface area (Å²) >= 11 is 0. The highest BCUT2D eigenvalue weighted by Crippen LogP contribution is 2.08. The third kappa shape index (κ3) is 8.20. The maximum absolute atomic E-state index is 4.36.